The molecule has 2 saturated heterocycles. The maximum Gasteiger partial charge on any atom is 0.490 e. The van der Waals surface area contributed by atoms with Gasteiger partial charge in [-0.25, -0.2) is 9.59 Å². The predicted octanol–water partition coefficient (Wildman–Crippen LogP) is 2.62. The Morgan fingerprint density at radius 2 is 1.66 bits per heavy atom. The minimum absolute atomic E-state index is 0.424. The standard InChI is InChI=1S/C16H28N4O.2C2HF3O2/c1-12(2)18(3)10-15-5-14-9-20(11-16(14)21-15)8-13-6-17-19(4)7-13;2*3-2(4,5)1(6)7/h6-7,12,14-16H,5,8-11H2,1-4H3;2*(H,6,7)/t14-,15-,16+;;/m1../s1. The van der Waals surface area contributed by atoms with Crippen molar-refractivity contribution in [3.63, 3.8) is 0 Å². The fraction of sp³-hybridized carbons (Fsp3) is 0.750. The highest BCUT2D eigenvalue weighted by molar-refractivity contribution is 5.73. The van der Waals surface area contributed by atoms with Gasteiger partial charge in [-0.15, -0.1) is 0 Å². The van der Waals surface area contributed by atoms with Crippen molar-refractivity contribution in [2.75, 3.05) is 26.7 Å². The van der Waals surface area contributed by atoms with Crippen LogP contribution in [0.25, 0.3) is 0 Å². The molecule has 0 amide bonds. The van der Waals surface area contributed by atoms with E-state index in [9.17, 15) is 26.3 Å². The molecule has 2 aliphatic heterocycles. The third kappa shape index (κ3) is 10.8. The molecule has 0 spiro atoms. The summed E-state index contributed by atoms with van der Waals surface area (Å²) in [6.45, 7) is 8.79. The number of likely N-dealkylation sites (N-methyl/N-ethyl adjacent to an activating group) is 1. The molecule has 0 saturated carbocycles. The van der Waals surface area contributed by atoms with E-state index in [1.807, 2.05) is 17.9 Å². The first-order chi connectivity index (χ1) is 15.9. The number of nitrogens with zero attached hydrogens (tertiary/aromatic N) is 4. The van der Waals surface area contributed by atoms with Crippen molar-refractivity contribution in [1.82, 2.24) is 19.6 Å². The normalized spacial score (nSPS) is 22.3. The lowest BCUT2D eigenvalue weighted by Gasteiger charge is -2.25. The van der Waals surface area contributed by atoms with Crippen LogP contribution in [-0.4, -0.2) is 99.0 Å². The number of carboxylic acid groups (broad SMARTS) is 2. The van der Waals surface area contributed by atoms with Crippen LogP contribution in [0.1, 0.15) is 25.8 Å². The zero-order valence-electron chi connectivity index (χ0n) is 19.7. The number of hydrogen-bond donors (Lipinski definition) is 2. The van der Waals surface area contributed by atoms with Crippen LogP contribution in [0.2, 0.25) is 0 Å². The van der Waals surface area contributed by atoms with Crippen LogP contribution in [0.5, 0.6) is 0 Å². The molecule has 15 heteroatoms. The van der Waals surface area contributed by atoms with Gasteiger partial charge in [-0.2, -0.15) is 31.4 Å². The molecule has 0 unspecified atom stereocenters. The zero-order chi connectivity index (χ0) is 27.1. The lowest BCUT2D eigenvalue weighted by molar-refractivity contribution is -0.193. The first-order valence-corrected chi connectivity index (χ1v) is 10.6. The molecule has 1 aromatic heterocycles. The van der Waals surface area contributed by atoms with Gasteiger partial charge < -0.3 is 19.8 Å². The fourth-order valence-corrected chi connectivity index (χ4v) is 3.54. The minimum Gasteiger partial charge on any atom is -0.475 e. The Morgan fingerprint density at radius 1 is 1.14 bits per heavy atom. The monoisotopic (exact) mass is 520 g/mol. The van der Waals surface area contributed by atoms with E-state index >= 15 is 0 Å². The van der Waals surface area contributed by atoms with Gasteiger partial charge >= 0.3 is 24.3 Å². The number of rotatable bonds is 5. The van der Waals surface area contributed by atoms with Crippen LogP contribution in [0.15, 0.2) is 12.4 Å². The summed E-state index contributed by atoms with van der Waals surface area (Å²) < 4.78 is 71.6. The topological polar surface area (TPSA) is 108 Å². The van der Waals surface area contributed by atoms with Crippen LogP contribution in [-0.2, 0) is 27.9 Å². The molecule has 0 aromatic carbocycles. The maximum atomic E-state index is 10.6. The Labute approximate surface area is 198 Å². The second kappa shape index (κ2) is 12.5. The zero-order valence-corrected chi connectivity index (χ0v) is 19.7. The van der Waals surface area contributed by atoms with Gasteiger partial charge in [0.15, 0.2) is 0 Å². The third-order valence-electron chi connectivity index (χ3n) is 5.41. The van der Waals surface area contributed by atoms with Crippen LogP contribution >= 0.6 is 0 Å². The molecule has 0 radical (unpaired) electrons. The van der Waals surface area contributed by atoms with Gasteiger partial charge in [0.25, 0.3) is 0 Å². The van der Waals surface area contributed by atoms with Crippen LogP contribution in [0, 0.1) is 5.92 Å². The van der Waals surface area contributed by atoms with Crippen LogP contribution < -0.4 is 0 Å². The molecule has 2 N–H and O–H groups in total. The number of alkyl halides is 6. The quantitative estimate of drug-likeness (QED) is 0.571. The van der Waals surface area contributed by atoms with E-state index in [4.69, 9.17) is 24.5 Å². The Balaban J connectivity index is 0.000000362. The molecule has 2 fully saturated rings. The Bertz CT molecular complexity index is 792. The largest absolute Gasteiger partial charge is 0.490 e. The summed E-state index contributed by atoms with van der Waals surface area (Å²) >= 11 is 0. The summed E-state index contributed by atoms with van der Waals surface area (Å²) in [4.78, 5) is 22.7. The van der Waals surface area contributed by atoms with E-state index in [0.29, 0.717) is 24.2 Å². The molecule has 9 nitrogen and oxygen atoms in total. The molecule has 3 heterocycles. The van der Waals surface area contributed by atoms with E-state index in [0.717, 1.165) is 19.6 Å². The van der Waals surface area contributed by atoms with Gasteiger partial charge in [0.2, 0.25) is 0 Å². The predicted molar refractivity (Wildman–Crippen MR) is 110 cm³/mol. The number of aryl methyl sites for hydroxylation is 1. The Hall–Kier alpha value is -2.39. The molecule has 1 aromatic rings. The summed E-state index contributed by atoms with van der Waals surface area (Å²) in [5, 5.41) is 18.5. The third-order valence-corrected chi connectivity index (χ3v) is 5.41. The first-order valence-electron chi connectivity index (χ1n) is 10.6. The summed E-state index contributed by atoms with van der Waals surface area (Å²) in [6.07, 6.45) is -4.02. The molecule has 2 aliphatic rings. The van der Waals surface area contributed by atoms with Crippen LogP contribution in [0.4, 0.5) is 26.3 Å². The molecule has 3 rings (SSSR count). The van der Waals surface area contributed by atoms with Crippen molar-refractivity contribution in [1.29, 1.82) is 0 Å². The molecular weight excluding hydrogens is 490 g/mol. The van der Waals surface area contributed by atoms with Gasteiger partial charge in [0.1, 0.15) is 0 Å². The second-order valence-corrected chi connectivity index (χ2v) is 8.65. The summed E-state index contributed by atoms with van der Waals surface area (Å²) in [5.41, 5.74) is 1.30. The highest BCUT2D eigenvalue weighted by atomic mass is 19.4. The van der Waals surface area contributed by atoms with Gasteiger partial charge in [0, 0.05) is 56.9 Å². The average Bonchev–Trinajstić information content (AvgIpc) is 3.36. The van der Waals surface area contributed by atoms with Crippen LogP contribution in [0.3, 0.4) is 0 Å². The second-order valence-electron chi connectivity index (χ2n) is 8.65. The van der Waals surface area contributed by atoms with Gasteiger partial charge in [-0.1, -0.05) is 0 Å². The number of likely N-dealkylation sites (tertiary alicyclic amines) is 1. The molecule has 3 atom stereocenters. The fourth-order valence-electron chi connectivity index (χ4n) is 3.54. The van der Waals surface area contributed by atoms with Crippen molar-refractivity contribution < 1.29 is 50.9 Å². The molecule has 0 bridgehead atoms. The lowest BCUT2D eigenvalue weighted by Crippen LogP contribution is -2.35. The maximum absolute atomic E-state index is 10.6. The molecule has 0 aliphatic carbocycles. The van der Waals surface area contributed by atoms with E-state index in [1.165, 1.54) is 18.5 Å². The smallest absolute Gasteiger partial charge is 0.475 e. The number of hydrogen-bond acceptors (Lipinski definition) is 6. The number of fused-ring (bicyclic) bond motifs is 1. The Kier molecular flexibility index (Phi) is 11.0. The van der Waals surface area contributed by atoms with Gasteiger partial charge in [-0.05, 0) is 27.3 Å². The number of carbonyl (C=O) groups is 2. The van der Waals surface area contributed by atoms with E-state index in [-0.39, 0.29) is 0 Å². The van der Waals surface area contributed by atoms with Crippen molar-refractivity contribution in [3.05, 3.63) is 18.0 Å². The lowest BCUT2D eigenvalue weighted by atomic mass is 10.0. The first kappa shape index (κ1) is 30.6. The highest BCUT2D eigenvalue weighted by Gasteiger charge is 2.42. The summed E-state index contributed by atoms with van der Waals surface area (Å²) in [6, 6.07) is 0.594. The number of ether oxygens (including phenoxy) is 1. The van der Waals surface area contributed by atoms with Crippen molar-refractivity contribution in [3.8, 4) is 0 Å². The SMILES string of the molecule is CC(C)N(C)C[C@H]1C[C@@H]2CN(Cc3cnn(C)c3)C[C@@H]2O1.O=C(O)C(F)(F)F.O=C(O)C(F)(F)F. The summed E-state index contributed by atoms with van der Waals surface area (Å²) in [7, 11) is 4.16. The number of aromatic nitrogens is 2. The molecule has 35 heavy (non-hydrogen) atoms. The average molecular weight is 520 g/mol. The number of aliphatic carboxylic acids is 2. The van der Waals surface area contributed by atoms with Gasteiger partial charge in [-0.3, -0.25) is 9.58 Å². The van der Waals surface area contributed by atoms with Crippen molar-refractivity contribution >= 4 is 11.9 Å². The summed E-state index contributed by atoms with van der Waals surface area (Å²) in [5.74, 6) is -4.80. The van der Waals surface area contributed by atoms with Crippen molar-refractivity contribution in [2.24, 2.45) is 13.0 Å². The van der Waals surface area contributed by atoms with Crippen molar-refractivity contribution in [2.45, 2.75) is 57.4 Å². The number of halogens is 6. The number of carboxylic acids is 2. The molecule has 202 valence electrons. The highest BCUT2D eigenvalue weighted by Crippen LogP contribution is 2.34. The Morgan fingerprint density at radius 3 is 2.03 bits per heavy atom. The van der Waals surface area contributed by atoms with E-state index in [1.54, 1.807) is 0 Å². The minimum atomic E-state index is -5.08. The van der Waals surface area contributed by atoms with E-state index in [2.05, 4.69) is 42.0 Å². The van der Waals surface area contributed by atoms with E-state index < -0.39 is 24.3 Å². The van der Waals surface area contributed by atoms with Gasteiger partial charge in [0.05, 0.1) is 18.4 Å². The molecular formula is C20H30F6N4O5.